The number of methoxy groups -OCH3 is 2. The maximum atomic E-state index is 13.2. The molecule has 2 unspecified atom stereocenters. The minimum absolute atomic E-state index is 0.195. The van der Waals surface area contributed by atoms with Gasteiger partial charge in [-0.2, -0.15) is 0 Å². The van der Waals surface area contributed by atoms with Gasteiger partial charge in [0, 0.05) is 48.1 Å². The molecule has 1 fully saturated rings. The number of anilines is 2. The van der Waals surface area contributed by atoms with E-state index in [-0.39, 0.29) is 4.21 Å². The molecule has 3 aromatic rings. The van der Waals surface area contributed by atoms with Crippen LogP contribution in [-0.4, -0.2) is 52.8 Å². The van der Waals surface area contributed by atoms with Crippen LogP contribution in [0.1, 0.15) is 13.8 Å². The smallest absolute Gasteiger partial charge is 0.271 e. The van der Waals surface area contributed by atoms with Crippen molar-refractivity contribution >= 4 is 32.7 Å². The fourth-order valence-corrected chi connectivity index (χ4v) is 6.44. The number of aromatic nitrogens is 1. The molecule has 1 aliphatic rings. The molecule has 0 aliphatic carbocycles. The standard InChI is InChI=1S/C23H28N4O4S2/c1-15-13-27(14-16(2)25-15)17-5-6-21(31-4)19(11-17)26-33(28,29)23-8-7-22(32-23)18-12-24-10-9-20(18)30-3/h5-12,15-16,25-26H,13-14H2,1-4H3. The van der Waals surface area contributed by atoms with Crippen LogP contribution in [0.4, 0.5) is 11.4 Å². The minimum atomic E-state index is -3.83. The Morgan fingerprint density at radius 2 is 1.79 bits per heavy atom. The zero-order valence-corrected chi connectivity index (χ0v) is 20.7. The van der Waals surface area contributed by atoms with Crippen molar-refractivity contribution in [1.82, 2.24) is 10.3 Å². The molecule has 0 radical (unpaired) electrons. The Morgan fingerprint density at radius 1 is 1.06 bits per heavy atom. The molecule has 176 valence electrons. The van der Waals surface area contributed by atoms with Gasteiger partial charge in [-0.1, -0.05) is 0 Å². The first-order valence-electron chi connectivity index (χ1n) is 10.6. The highest BCUT2D eigenvalue weighted by molar-refractivity contribution is 7.94. The number of sulfonamides is 1. The first-order chi connectivity index (χ1) is 15.8. The van der Waals surface area contributed by atoms with Gasteiger partial charge in [-0.3, -0.25) is 9.71 Å². The number of piperazine rings is 1. The van der Waals surface area contributed by atoms with E-state index in [2.05, 4.69) is 33.8 Å². The van der Waals surface area contributed by atoms with Gasteiger partial charge < -0.3 is 19.7 Å². The Morgan fingerprint density at radius 3 is 2.48 bits per heavy atom. The summed E-state index contributed by atoms with van der Waals surface area (Å²) >= 11 is 1.16. The maximum Gasteiger partial charge on any atom is 0.271 e. The number of benzene rings is 1. The van der Waals surface area contributed by atoms with E-state index in [1.165, 1.54) is 7.11 Å². The second-order valence-corrected chi connectivity index (χ2v) is 11.1. The number of nitrogens with zero attached hydrogens (tertiary/aromatic N) is 2. The SMILES string of the molecule is COc1ccc(N2CC(C)NC(C)C2)cc1NS(=O)(=O)c1ccc(-c2cnccc2OC)s1. The summed E-state index contributed by atoms with van der Waals surface area (Å²) in [6, 6.07) is 11.4. The van der Waals surface area contributed by atoms with Gasteiger partial charge in [0.15, 0.2) is 0 Å². The molecule has 0 spiro atoms. The first kappa shape index (κ1) is 23.3. The fourth-order valence-electron chi connectivity index (χ4n) is 4.06. The lowest BCUT2D eigenvalue weighted by Crippen LogP contribution is -2.54. The molecular formula is C23H28N4O4S2. The summed E-state index contributed by atoms with van der Waals surface area (Å²) in [6.45, 7) is 5.96. The normalized spacial score (nSPS) is 18.7. The average Bonchev–Trinajstić information content (AvgIpc) is 3.29. The third-order valence-electron chi connectivity index (χ3n) is 5.46. The van der Waals surface area contributed by atoms with E-state index in [0.717, 1.165) is 40.6 Å². The Labute approximate surface area is 198 Å². The van der Waals surface area contributed by atoms with E-state index in [1.54, 1.807) is 43.8 Å². The zero-order valence-electron chi connectivity index (χ0n) is 19.0. The number of thiophene rings is 1. The van der Waals surface area contributed by atoms with Gasteiger partial charge in [0.05, 0.1) is 25.5 Å². The molecule has 4 rings (SSSR count). The molecule has 1 aromatic carbocycles. The predicted molar refractivity (Wildman–Crippen MR) is 132 cm³/mol. The van der Waals surface area contributed by atoms with Crippen LogP contribution in [0.3, 0.4) is 0 Å². The molecule has 1 saturated heterocycles. The van der Waals surface area contributed by atoms with Crippen LogP contribution >= 0.6 is 11.3 Å². The number of hydrogen-bond acceptors (Lipinski definition) is 8. The van der Waals surface area contributed by atoms with Crippen LogP contribution in [0.15, 0.2) is 53.0 Å². The fraction of sp³-hybridized carbons (Fsp3) is 0.348. The number of pyridine rings is 1. The van der Waals surface area contributed by atoms with Crippen molar-refractivity contribution in [3.05, 3.63) is 48.8 Å². The highest BCUT2D eigenvalue weighted by Crippen LogP contribution is 2.37. The molecule has 0 amide bonds. The van der Waals surface area contributed by atoms with Crippen molar-refractivity contribution in [3.8, 4) is 21.9 Å². The first-order valence-corrected chi connectivity index (χ1v) is 12.9. The quantitative estimate of drug-likeness (QED) is 0.522. The van der Waals surface area contributed by atoms with E-state index in [4.69, 9.17) is 9.47 Å². The number of hydrogen-bond donors (Lipinski definition) is 2. The summed E-state index contributed by atoms with van der Waals surface area (Å²) in [5.74, 6) is 1.10. The van der Waals surface area contributed by atoms with Gasteiger partial charge >= 0.3 is 0 Å². The zero-order chi connectivity index (χ0) is 23.6. The molecule has 2 N–H and O–H groups in total. The molecule has 2 aromatic heterocycles. The van der Waals surface area contributed by atoms with Crippen LogP contribution < -0.4 is 24.4 Å². The average molecular weight is 489 g/mol. The highest BCUT2D eigenvalue weighted by atomic mass is 32.2. The second kappa shape index (κ2) is 9.58. The summed E-state index contributed by atoms with van der Waals surface area (Å²) in [4.78, 5) is 7.14. The molecule has 1 aliphatic heterocycles. The Bertz CT molecular complexity index is 1220. The highest BCUT2D eigenvalue weighted by Gasteiger charge is 2.24. The van der Waals surface area contributed by atoms with Gasteiger partial charge in [-0.05, 0) is 50.2 Å². The number of nitrogens with one attached hydrogen (secondary N) is 2. The van der Waals surface area contributed by atoms with Crippen molar-refractivity contribution in [2.24, 2.45) is 0 Å². The number of ether oxygens (including phenoxy) is 2. The lowest BCUT2D eigenvalue weighted by Gasteiger charge is -2.38. The Balaban J connectivity index is 1.62. The second-order valence-electron chi connectivity index (χ2n) is 8.06. The third kappa shape index (κ3) is 5.07. The van der Waals surface area contributed by atoms with Crippen molar-refractivity contribution in [2.75, 3.05) is 36.9 Å². The summed E-state index contributed by atoms with van der Waals surface area (Å²) in [5.41, 5.74) is 2.09. The number of rotatable bonds is 7. The third-order valence-corrected chi connectivity index (χ3v) is 8.44. The molecule has 10 heteroatoms. The molecule has 8 nitrogen and oxygen atoms in total. The lowest BCUT2D eigenvalue weighted by atomic mass is 10.1. The Kier molecular flexibility index (Phi) is 6.78. The summed E-state index contributed by atoms with van der Waals surface area (Å²) < 4.78 is 40.2. The van der Waals surface area contributed by atoms with Gasteiger partial charge in [0.25, 0.3) is 10.0 Å². The molecule has 33 heavy (non-hydrogen) atoms. The molecule has 0 bridgehead atoms. The lowest BCUT2D eigenvalue weighted by molar-refractivity contribution is 0.406. The molecule has 0 saturated carbocycles. The Hall–Kier alpha value is -2.82. The van der Waals surface area contributed by atoms with E-state index in [0.29, 0.717) is 29.3 Å². The van der Waals surface area contributed by atoms with Crippen molar-refractivity contribution < 1.29 is 17.9 Å². The minimum Gasteiger partial charge on any atom is -0.496 e. The molecule has 3 heterocycles. The summed E-state index contributed by atoms with van der Waals surface area (Å²) in [5, 5.41) is 3.51. The molecular weight excluding hydrogens is 460 g/mol. The van der Waals surface area contributed by atoms with E-state index in [9.17, 15) is 8.42 Å². The molecule has 2 atom stereocenters. The predicted octanol–water partition coefficient (Wildman–Crippen LogP) is 3.81. The van der Waals surface area contributed by atoms with Gasteiger partial charge in [-0.15, -0.1) is 11.3 Å². The van der Waals surface area contributed by atoms with Gasteiger partial charge in [0.2, 0.25) is 0 Å². The van der Waals surface area contributed by atoms with Gasteiger partial charge in [-0.25, -0.2) is 8.42 Å². The monoisotopic (exact) mass is 488 g/mol. The van der Waals surface area contributed by atoms with Crippen LogP contribution in [0.2, 0.25) is 0 Å². The van der Waals surface area contributed by atoms with E-state index in [1.807, 2.05) is 12.1 Å². The summed E-state index contributed by atoms with van der Waals surface area (Å²) in [7, 11) is -0.724. The van der Waals surface area contributed by atoms with Crippen LogP contribution in [-0.2, 0) is 10.0 Å². The van der Waals surface area contributed by atoms with Crippen LogP contribution in [0.5, 0.6) is 11.5 Å². The topological polar surface area (TPSA) is 92.8 Å². The van der Waals surface area contributed by atoms with Crippen LogP contribution in [0.25, 0.3) is 10.4 Å². The summed E-state index contributed by atoms with van der Waals surface area (Å²) in [6.07, 6.45) is 3.30. The van der Waals surface area contributed by atoms with E-state index < -0.39 is 10.0 Å². The van der Waals surface area contributed by atoms with Crippen molar-refractivity contribution in [2.45, 2.75) is 30.1 Å². The largest absolute Gasteiger partial charge is 0.496 e. The van der Waals surface area contributed by atoms with Gasteiger partial charge in [0.1, 0.15) is 15.7 Å². The van der Waals surface area contributed by atoms with E-state index >= 15 is 0 Å². The maximum absolute atomic E-state index is 13.2. The van der Waals surface area contributed by atoms with Crippen LogP contribution in [0, 0.1) is 0 Å². The van der Waals surface area contributed by atoms with Crippen molar-refractivity contribution in [3.63, 3.8) is 0 Å². The van der Waals surface area contributed by atoms with Crippen molar-refractivity contribution in [1.29, 1.82) is 0 Å².